The van der Waals surface area contributed by atoms with Crippen LogP contribution in [-0.4, -0.2) is 12.6 Å². The topological polar surface area (TPSA) is 26.3 Å². The molecule has 0 bridgehead atoms. The normalized spacial score (nSPS) is 18.9. The van der Waals surface area contributed by atoms with Gasteiger partial charge in [0.1, 0.15) is 6.61 Å². The average Bonchev–Trinajstić information content (AvgIpc) is 2.53. The van der Waals surface area contributed by atoms with Gasteiger partial charge < -0.3 is 4.74 Å². The summed E-state index contributed by atoms with van der Waals surface area (Å²) in [6.45, 7) is 14.7. The van der Waals surface area contributed by atoms with Crippen molar-refractivity contribution in [3.8, 4) is 0 Å². The molecule has 0 aliphatic heterocycles. The summed E-state index contributed by atoms with van der Waals surface area (Å²) in [6, 6.07) is 0. The number of ether oxygens (including phenoxy) is 1. The molecule has 0 unspecified atom stereocenters. The van der Waals surface area contributed by atoms with Gasteiger partial charge in [-0.05, 0) is 57.1 Å². The molecule has 0 amide bonds. The number of hydrogen-bond acceptors (Lipinski definition) is 2. The van der Waals surface area contributed by atoms with E-state index in [1.54, 1.807) is 0 Å². The molecule has 1 rings (SSSR count). The maximum Gasteiger partial charge on any atom is 0.330 e. The fourth-order valence-electron chi connectivity index (χ4n) is 3.01. The third-order valence-corrected chi connectivity index (χ3v) is 4.57. The highest BCUT2D eigenvalue weighted by Crippen LogP contribution is 2.40. The molecule has 25 heavy (non-hydrogen) atoms. The minimum Gasteiger partial charge on any atom is -0.458 e. The van der Waals surface area contributed by atoms with Gasteiger partial charge >= 0.3 is 5.97 Å². The SMILES string of the molecule is C=CC(=O)OC\C=C(C)/C=C/C=C(C)/C=C/C1=C(C)CCCC1(C)C. The minimum absolute atomic E-state index is 0.270. The van der Waals surface area contributed by atoms with Gasteiger partial charge in [0.2, 0.25) is 0 Å². The lowest BCUT2D eigenvalue weighted by atomic mass is 9.72. The Morgan fingerprint density at radius 2 is 1.96 bits per heavy atom. The van der Waals surface area contributed by atoms with Gasteiger partial charge in [0.15, 0.2) is 0 Å². The highest BCUT2D eigenvalue weighted by molar-refractivity contribution is 5.81. The quantitative estimate of drug-likeness (QED) is 0.311. The molecular weight excluding hydrogens is 308 g/mol. The van der Waals surface area contributed by atoms with Crippen molar-refractivity contribution in [3.63, 3.8) is 0 Å². The molecule has 0 aromatic rings. The maximum absolute atomic E-state index is 11.0. The fourth-order valence-corrected chi connectivity index (χ4v) is 3.01. The first kappa shape index (κ1) is 21.0. The molecule has 2 heteroatoms. The molecule has 0 atom stereocenters. The second kappa shape index (κ2) is 10.0. The van der Waals surface area contributed by atoms with Gasteiger partial charge in [0.25, 0.3) is 0 Å². The van der Waals surface area contributed by atoms with Crippen LogP contribution in [0.4, 0.5) is 0 Å². The Bertz CT molecular complexity index is 637. The Balaban J connectivity index is 2.64. The second-order valence-electron chi connectivity index (χ2n) is 7.32. The molecule has 1 aliphatic rings. The van der Waals surface area contributed by atoms with Crippen molar-refractivity contribution in [1.29, 1.82) is 0 Å². The van der Waals surface area contributed by atoms with Crippen LogP contribution in [0.15, 0.2) is 71.4 Å². The summed E-state index contributed by atoms with van der Waals surface area (Å²) in [6.07, 6.45) is 17.4. The average molecular weight is 341 g/mol. The Labute approximate surface area is 153 Å². The van der Waals surface area contributed by atoms with Crippen LogP contribution in [0.5, 0.6) is 0 Å². The van der Waals surface area contributed by atoms with E-state index < -0.39 is 5.97 Å². The third-order valence-electron chi connectivity index (χ3n) is 4.57. The van der Waals surface area contributed by atoms with E-state index in [9.17, 15) is 4.79 Å². The van der Waals surface area contributed by atoms with E-state index in [-0.39, 0.29) is 12.0 Å². The minimum atomic E-state index is -0.399. The van der Waals surface area contributed by atoms with Crippen LogP contribution in [0, 0.1) is 5.41 Å². The lowest BCUT2D eigenvalue weighted by Crippen LogP contribution is -2.19. The van der Waals surface area contributed by atoms with E-state index in [4.69, 9.17) is 4.74 Å². The van der Waals surface area contributed by atoms with Crippen molar-refractivity contribution in [3.05, 3.63) is 71.4 Å². The van der Waals surface area contributed by atoms with E-state index in [0.29, 0.717) is 0 Å². The zero-order valence-electron chi connectivity index (χ0n) is 16.4. The molecule has 0 saturated heterocycles. The Kier molecular flexibility index (Phi) is 8.40. The van der Waals surface area contributed by atoms with Crippen LogP contribution in [0.1, 0.15) is 53.9 Å². The van der Waals surface area contributed by atoms with Gasteiger partial charge in [0, 0.05) is 6.08 Å². The van der Waals surface area contributed by atoms with E-state index >= 15 is 0 Å². The predicted octanol–water partition coefficient (Wildman–Crippen LogP) is 6.25. The number of carbonyl (C=O) groups excluding carboxylic acids is 1. The number of esters is 1. The highest BCUT2D eigenvalue weighted by Gasteiger charge is 2.26. The zero-order valence-corrected chi connectivity index (χ0v) is 16.4. The summed E-state index contributed by atoms with van der Waals surface area (Å²) in [4.78, 5) is 11.0. The van der Waals surface area contributed by atoms with Crippen LogP contribution in [0.25, 0.3) is 0 Å². The summed E-state index contributed by atoms with van der Waals surface area (Å²) < 4.78 is 4.93. The number of rotatable bonds is 7. The number of carbonyl (C=O) groups is 1. The van der Waals surface area contributed by atoms with Crippen molar-refractivity contribution >= 4 is 5.97 Å². The van der Waals surface area contributed by atoms with Crippen LogP contribution in [0.2, 0.25) is 0 Å². The van der Waals surface area contributed by atoms with Crippen molar-refractivity contribution in [2.45, 2.75) is 53.9 Å². The molecular formula is C23H32O2. The largest absolute Gasteiger partial charge is 0.458 e. The van der Waals surface area contributed by atoms with Crippen molar-refractivity contribution in [2.75, 3.05) is 6.61 Å². The first-order valence-corrected chi connectivity index (χ1v) is 8.95. The third kappa shape index (κ3) is 7.55. The number of allylic oxidation sites excluding steroid dienone is 9. The molecule has 1 aliphatic carbocycles. The number of hydrogen-bond donors (Lipinski definition) is 0. The van der Waals surface area contributed by atoms with Crippen molar-refractivity contribution < 1.29 is 9.53 Å². The molecule has 2 nitrogen and oxygen atoms in total. The first-order valence-electron chi connectivity index (χ1n) is 8.95. The van der Waals surface area contributed by atoms with Gasteiger partial charge in [-0.25, -0.2) is 4.79 Å². The smallest absolute Gasteiger partial charge is 0.330 e. The summed E-state index contributed by atoms with van der Waals surface area (Å²) in [5.74, 6) is -0.399. The zero-order chi connectivity index (χ0) is 18.9. The summed E-state index contributed by atoms with van der Waals surface area (Å²) in [5, 5.41) is 0. The fraction of sp³-hybridized carbons (Fsp3) is 0.435. The molecule has 0 spiro atoms. The van der Waals surface area contributed by atoms with Gasteiger partial charge in [0.05, 0.1) is 0 Å². The monoisotopic (exact) mass is 340 g/mol. The molecule has 0 aromatic carbocycles. The Morgan fingerprint density at radius 1 is 1.24 bits per heavy atom. The Morgan fingerprint density at radius 3 is 2.60 bits per heavy atom. The summed E-state index contributed by atoms with van der Waals surface area (Å²) in [7, 11) is 0. The molecule has 0 fully saturated rings. The predicted molar refractivity (Wildman–Crippen MR) is 107 cm³/mol. The lowest BCUT2D eigenvalue weighted by molar-refractivity contribution is -0.136. The van der Waals surface area contributed by atoms with Gasteiger partial charge in [-0.15, -0.1) is 0 Å². The van der Waals surface area contributed by atoms with E-state index in [2.05, 4.69) is 52.5 Å². The van der Waals surface area contributed by atoms with E-state index in [0.717, 1.165) is 5.57 Å². The highest BCUT2D eigenvalue weighted by atomic mass is 16.5. The van der Waals surface area contributed by atoms with Crippen LogP contribution in [0.3, 0.4) is 0 Å². The van der Waals surface area contributed by atoms with Crippen LogP contribution >= 0.6 is 0 Å². The molecule has 136 valence electrons. The molecule has 0 N–H and O–H groups in total. The second-order valence-corrected chi connectivity index (χ2v) is 7.32. The maximum atomic E-state index is 11.0. The summed E-state index contributed by atoms with van der Waals surface area (Å²) >= 11 is 0. The van der Waals surface area contributed by atoms with Crippen molar-refractivity contribution in [1.82, 2.24) is 0 Å². The lowest BCUT2D eigenvalue weighted by Gasteiger charge is -2.32. The van der Waals surface area contributed by atoms with Gasteiger partial charge in [-0.3, -0.25) is 0 Å². The van der Waals surface area contributed by atoms with Gasteiger partial charge in [-0.1, -0.05) is 67.5 Å². The molecule has 0 radical (unpaired) electrons. The Hall–Kier alpha value is -2.09. The van der Waals surface area contributed by atoms with E-state index in [1.165, 1.54) is 42.1 Å². The van der Waals surface area contributed by atoms with Crippen LogP contribution < -0.4 is 0 Å². The van der Waals surface area contributed by atoms with Crippen molar-refractivity contribution in [2.24, 2.45) is 5.41 Å². The standard InChI is InChI=1S/C23H32O2/c1-7-22(24)25-17-15-19(3)11-8-10-18(2)13-14-21-20(4)12-9-16-23(21,5)6/h7-8,10-11,13-15H,1,9,12,16-17H2,2-6H3/b11-8+,14-13+,18-10+,19-15-. The molecule has 0 aromatic heterocycles. The first-order chi connectivity index (χ1) is 11.8. The molecule has 0 saturated carbocycles. The van der Waals surface area contributed by atoms with Crippen LogP contribution in [-0.2, 0) is 9.53 Å². The summed E-state index contributed by atoms with van der Waals surface area (Å²) in [5.41, 5.74) is 5.54. The molecule has 0 heterocycles. The van der Waals surface area contributed by atoms with Gasteiger partial charge in [-0.2, -0.15) is 0 Å². The van der Waals surface area contributed by atoms with E-state index in [1.807, 2.05) is 25.2 Å².